The minimum absolute atomic E-state index is 0.152. The van der Waals surface area contributed by atoms with E-state index in [-0.39, 0.29) is 28.8 Å². The molecule has 2 aromatic carbocycles. The molecule has 3 atom stereocenters. The van der Waals surface area contributed by atoms with E-state index in [1.807, 2.05) is 23.1 Å². The van der Waals surface area contributed by atoms with Gasteiger partial charge in [-0.1, -0.05) is 41.9 Å². The number of piperidine rings is 1. The first kappa shape index (κ1) is 27.6. The van der Waals surface area contributed by atoms with Crippen molar-refractivity contribution >= 4 is 27.5 Å². The average Bonchev–Trinajstić information content (AvgIpc) is 3.72. The first-order chi connectivity index (χ1) is 18.3. The Balaban J connectivity index is 1.25. The quantitative estimate of drug-likeness (QED) is 0.432. The molecular weight excluding hydrogens is 518 g/mol. The zero-order chi connectivity index (χ0) is 26.7. The molecule has 5 rings (SSSR count). The number of nitrogens with zero attached hydrogens (tertiary/aromatic N) is 3. The van der Waals surface area contributed by atoms with Gasteiger partial charge in [-0.3, -0.25) is 9.69 Å². The smallest absolute Gasteiger partial charge is 0.243 e. The lowest BCUT2D eigenvalue weighted by Gasteiger charge is -2.41. The van der Waals surface area contributed by atoms with E-state index in [1.165, 1.54) is 18.4 Å². The highest BCUT2D eigenvalue weighted by Gasteiger charge is 2.38. The van der Waals surface area contributed by atoms with Crippen molar-refractivity contribution in [3.63, 3.8) is 0 Å². The van der Waals surface area contributed by atoms with Crippen molar-refractivity contribution < 1.29 is 13.2 Å². The highest BCUT2D eigenvalue weighted by atomic mass is 35.5. The second-order valence-corrected chi connectivity index (χ2v) is 13.8. The summed E-state index contributed by atoms with van der Waals surface area (Å²) in [6.45, 7) is 6.41. The molecule has 0 spiro atoms. The van der Waals surface area contributed by atoms with Gasteiger partial charge in [0.15, 0.2) is 0 Å². The topological polar surface area (TPSA) is 60.9 Å². The predicted molar refractivity (Wildman–Crippen MR) is 152 cm³/mol. The average molecular weight is 558 g/mol. The summed E-state index contributed by atoms with van der Waals surface area (Å²) in [6, 6.07) is 16.7. The second kappa shape index (κ2) is 12.1. The van der Waals surface area contributed by atoms with Crippen molar-refractivity contribution in [2.24, 2.45) is 11.8 Å². The minimum atomic E-state index is -3.71. The Bertz CT molecular complexity index is 1190. The SMILES string of the molecule is C[C@H]1CN(CC2CC2)CCN1C(=O)CC[C@H]1CC[C@@H](Cc2ccccc2)CN1S(=O)(=O)c1ccc(Cl)cc1. The maximum atomic E-state index is 13.8. The van der Waals surface area contributed by atoms with Crippen LogP contribution in [0.4, 0.5) is 0 Å². The second-order valence-electron chi connectivity index (χ2n) is 11.5. The number of piperazine rings is 1. The fourth-order valence-corrected chi connectivity index (χ4v) is 8.06. The standard InChI is InChI=1S/C30H40ClN3O3S/c1-23-20-32(21-25-7-8-25)17-18-33(23)30(35)16-13-28-12-9-26(19-24-5-3-2-4-6-24)22-34(28)38(36,37)29-14-10-27(31)11-15-29/h2-6,10-11,14-15,23,25-26,28H,7-9,12-13,16-22H2,1H3/t23-,26-,28+/m0/s1. The van der Waals surface area contributed by atoms with Gasteiger partial charge >= 0.3 is 0 Å². The molecule has 8 heteroatoms. The van der Waals surface area contributed by atoms with Gasteiger partial charge in [-0.25, -0.2) is 8.42 Å². The lowest BCUT2D eigenvalue weighted by molar-refractivity contribution is -0.136. The van der Waals surface area contributed by atoms with Gasteiger partial charge in [0, 0.05) is 56.3 Å². The summed E-state index contributed by atoms with van der Waals surface area (Å²) in [7, 11) is -3.71. The van der Waals surface area contributed by atoms with E-state index in [9.17, 15) is 13.2 Å². The number of amides is 1. The van der Waals surface area contributed by atoms with Crippen LogP contribution in [0.5, 0.6) is 0 Å². The highest BCUT2D eigenvalue weighted by Crippen LogP contribution is 2.33. The number of hydrogen-bond acceptors (Lipinski definition) is 4. The largest absolute Gasteiger partial charge is 0.337 e. The van der Waals surface area contributed by atoms with Crippen LogP contribution in [0.15, 0.2) is 59.5 Å². The first-order valence-electron chi connectivity index (χ1n) is 14.1. The normalized spacial score (nSPS) is 25.4. The van der Waals surface area contributed by atoms with Crippen LogP contribution in [0, 0.1) is 11.8 Å². The number of carbonyl (C=O) groups is 1. The van der Waals surface area contributed by atoms with Crippen LogP contribution in [0.3, 0.4) is 0 Å². The van der Waals surface area contributed by atoms with Crippen LogP contribution >= 0.6 is 11.6 Å². The van der Waals surface area contributed by atoms with Gasteiger partial charge in [0.25, 0.3) is 0 Å². The van der Waals surface area contributed by atoms with Gasteiger partial charge in [0.2, 0.25) is 15.9 Å². The number of benzene rings is 2. The third-order valence-corrected chi connectivity index (χ3v) is 10.7. The monoisotopic (exact) mass is 557 g/mol. The number of carbonyl (C=O) groups excluding carboxylic acids is 1. The predicted octanol–water partition coefficient (Wildman–Crippen LogP) is 5.07. The zero-order valence-corrected chi connectivity index (χ0v) is 23.9. The molecule has 0 bridgehead atoms. The summed E-state index contributed by atoms with van der Waals surface area (Å²) in [6.07, 6.45) is 6.19. The molecule has 206 valence electrons. The number of halogens is 1. The summed E-state index contributed by atoms with van der Waals surface area (Å²) < 4.78 is 29.3. The first-order valence-corrected chi connectivity index (χ1v) is 15.9. The van der Waals surface area contributed by atoms with Crippen molar-refractivity contribution in [2.45, 2.75) is 68.8 Å². The molecular formula is C30H40ClN3O3S. The van der Waals surface area contributed by atoms with Crippen LogP contribution in [0.1, 0.15) is 51.0 Å². The fraction of sp³-hybridized carbons (Fsp3) is 0.567. The Morgan fingerprint density at radius 3 is 2.32 bits per heavy atom. The molecule has 2 aliphatic heterocycles. The molecule has 1 amide bonds. The van der Waals surface area contributed by atoms with Gasteiger partial charge in [-0.15, -0.1) is 0 Å². The number of sulfonamides is 1. The molecule has 38 heavy (non-hydrogen) atoms. The molecule has 2 saturated heterocycles. The van der Waals surface area contributed by atoms with Gasteiger partial charge < -0.3 is 4.90 Å². The van der Waals surface area contributed by atoms with E-state index in [1.54, 1.807) is 28.6 Å². The van der Waals surface area contributed by atoms with E-state index in [0.717, 1.165) is 51.4 Å². The molecule has 1 aliphatic carbocycles. The Morgan fingerprint density at radius 2 is 1.63 bits per heavy atom. The van der Waals surface area contributed by atoms with Crippen LogP contribution in [-0.2, 0) is 21.2 Å². The fourth-order valence-electron chi connectivity index (χ4n) is 6.17. The Kier molecular flexibility index (Phi) is 8.78. The van der Waals surface area contributed by atoms with Crippen molar-refractivity contribution in [1.82, 2.24) is 14.1 Å². The molecule has 3 fully saturated rings. The summed E-state index contributed by atoms with van der Waals surface area (Å²) in [5.74, 6) is 1.25. The van der Waals surface area contributed by atoms with E-state index >= 15 is 0 Å². The maximum Gasteiger partial charge on any atom is 0.243 e. The van der Waals surface area contributed by atoms with Crippen LogP contribution < -0.4 is 0 Å². The molecule has 6 nitrogen and oxygen atoms in total. The molecule has 1 saturated carbocycles. The van der Waals surface area contributed by atoms with Crippen molar-refractivity contribution in [1.29, 1.82) is 0 Å². The third-order valence-electron chi connectivity index (χ3n) is 8.48. The van der Waals surface area contributed by atoms with Crippen molar-refractivity contribution in [2.75, 3.05) is 32.7 Å². The molecule has 3 aliphatic rings. The lowest BCUT2D eigenvalue weighted by atomic mass is 9.88. The summed E-state index contributed by atoms with van der Waals surface area (Å²) >= 11 is 6.04. The van der Waals surface area contributed by atoms with E-state index in [4.69, 9.17) is 11.6 Å². The van der Waals surface area contributed by atoms with Crippen LogP contribution in [0.2, 0.25) is 5.02 Å². The van der Waals surface area contributed by atoms with E-state index in [0.29, 0.717) is 24.4 Å². The Hall–Kier alpha value is -1.93. The lowest BCUT2D eigenvalue weighted by Crippen LogP contribution is -2.54. The van der Waals surface area contributed by atoms with Gasteiger partial charge in [0.1, 0.15) is 0 Å². The molecule has 0 aromatic heterocycles. The molecule has 2 heterocycles. The maximum absolute atomic E-state index is 13.8. The summed E-state index contributed by atoms with van der Waals surface area (Å²) in [4.78, 5) is 18.1. The Morgan fingerprint density at radius 1 is 0.921 bits per heavy atom. The number of rotatable bonds is 9. The van der Waals surface area contributed by atoms with Crippen molar-refractivity contribution in [3.8, 4) is 0 Å². The zero-order valence-electron chi connectivity index (χ0n) is 22.3. The van der Waals surface area contributed by atoms with E-state index < -0.39 is 10.0 Å². The highest BCUT2D eigenvalue weighted by molar-refractivity contribution is 7.89. The molecule has 0 unspecified atom stereocenters. The van der Waals surface area contributed by atoms with Gasteiger partial charge in [-0.2, -0.15) is 4.31 Å². The number of hydrogen-bond donors (Lipinski definition) is 0. The minimum Gasteiger partial charge on any atom is -0.337 e. The Labute approximate surface area is 233 Å². The van der Waals surface area contributed by atoms with Crippen LogP contribution in [-0.4, -0.2) is 73.2 Å². The van der Waals surface area contributed by atoms with Crippen molar-refractivity contribution in [3.05, 3.63) is 65.2 Å². The summed E-state index contributed by atoms with van der Waals surface area (Å²) in [5, 5.41) is 0.512. The molecule has 0 radical (unpaired) electrons. The van der Waals surface area contributed by atoms with Gasteiger partial charge in [0.05, 0.1) is 4.90 Å². The molecule has 0 N–H and O–H groups in total. The van der Waals surface area contributed by atoms with Gasteiger partial charge in [-0.05, 0) is 87.1 Å². The third kappa shape index (κ3) is 6.79. The van der Waals surface area contributed by atoms with Crippen LogP contribution in [0.25, 0.3) is 0 Å². The molecule has 2 aromatic rings. The van der Waals surface area contributed by atoms with E-state index in [2.05, 4.69) is 24.0 Å². The summed E-state index contributed by atoms with van der Waals surface area (Å²) in [5.41, 5.74) is 1.23.